The van der Waals surface area contributed by atoms with Crippen LogP contribution >= 0.6 is 0 Å². The molecule has 5 nitrogen and oxygen atoms in total. The van der Waals surface area contributed by atoms with Crippen LogP contribution in [0, 0.1) is 10.1 Å². The van der Waals surface area contributed by atoms with E-state index >= 15 is 0 Å². The second-order valence-electron chi connectivity index (χ2n) is 3.39. The second-order valence-corrected chi connectivity index (χ2v) is 3.39. The molecule has 0 aliphatic heterocycles. The van der Waals surface area contributed by atoms with E-state index in [1.165, 1.54) is 24.3 Å². The first-order valence-electron chi connectivity index (χ1n) is 4.76. The quantitative estimate of drug-likeness (QED) is 0.613. The molecule has 0 radical (unpaired) electrons. The number of alkyl halides is 3. The fourth-order valence-corrected chi connectivity index (χ4v) is 1.42. The Bertz CT molecular complexity index is 592. The van der Waals surface area contributed by atoms with E-state index < -0.39 is 16.8 Å². The first-order valence-corrected chi connectivity index (χ1v) is 4.76. The van der Waals surface area contributed by atoms with Crippen molar-refractivity contribution in [2.24, 2.45) is 0 Å². The van der Waals surface area contributed by atoms with Gasteiger partial charge in [-0.05, 0) is 12.1 Å². The molecule has 2 aromatic rings. The van der Waals surface area contributed by atoms with Crippen LogP contribution < -0.4 is 0 Å². The second kappa shape index (κ2) is 4.13. The highest BCUT2D eigenvalue weighted by Crippen LogP contribution is 2.29. The molecule has 0 aliphatic carbocycles. The van der Waals surface area contributed by atoms with Crippen molar-refractivity contribution in [2.75, 3.05) is 0 Å². The first-order chi connectivity index (χ1) is 8.39. The lowest BCUT2D eigenvalue weighted by molar-refractivity contribution is -0.384. The van der Waals surface area contributed by atoms with Crippen molar-refractivity contribution in [3.05, 3.63) is 52.3 Å². The zero-order valence-corrected chi connectivity index (χ0v) is 8.76. The van der Waals surface area contributed by atoms with Gasteiger partial charge in [-0.15, -0.1) is 0 Å². The van der Waals surface area contributed by atoms with Crippen molar-refractivity contribution >= 4 is 5.69 Å². The zero-order chi connectivity index (χ0) is 13.3. The molecular weight excluding hydrogens is 251 g/mol. The lowest BCUT2D eigenvalue weighted by Gasteiger charge is -2.03. The van der Waals surface area contributed by atoms with Crippen LogP contribution in [-0.4, -0.2) is 14.7 Å². The number of aromatic nitrogens is 2. The van der Waals surface area contributed by atoms with Crippen LogP contribution in [0.25, 0.3) is 5.69 Å². The summed E-state index contributed by atoms with van der Waals surface area (Å²) >= 11 is 0. The van der Waals surface area contributed by atoms with Crippen LogP contribution in [0.3, 0.4) is 0 Å². The highest BCUT2D eigenvalue weighted by atomic mass is 19.4. The molecule has 1 heterocycles. The first kappa shape index (κ1) is 12.1. The Hall–Kier alpha value is -2.38. The molecule has 0 aliphatic rings. The minimum absolute atomic E-state index is 0.0157. The monoisotopic (exact) mass is 257 g/mol. The molecular formula is C10H6F3N3O2. The van der Waals surface area contributed by atoms with Crippen LogP contribution in [-0.2, 0) is 6.18 Å². The van der Waals surface area contributed by atoms with Crippen LogP contribution in [0.4, 0.5) is 18.9 Å². The highest BCUT2D eigenvalue weighted by Gasteiger charge is 2.34. The van der Waals surface area contributed by atoms with Gasteiger partial charge in [-0.25, -0.2) is 4.68 Å². The summed E-state index contributed by atoms with van der Waals surface area (Å²) in [5.41, 5.74) is -1.42. The van der Waals surface area contributed by atoms with Crippen LogP contribution in [0.2, 0.25) is 0 Å². The molecule has 0 saturated carbocycles. The fourth-order valence-electron chi connectivity index (χ4n) is 1.42. The summed E-state index contributed by atoms with van der Waals surface area (Å²) in [4.78, 5) is 10.1. The van der Waals surface area contributed by atoms with E-state index in [1.807, 2.05) is 0 Å². The number of nitrogens with zero attached hydrogens (tertiary/aromatic N) is 3. The predicted molar refractivity (Wildman–Crippen MR) is 55.2 cm³/mol. The van der Waals surface area contributed by atoms with Crippen molar-refractivity contribution < 1.29 is 18.1 Å². The van der Waals surface area contributed by atoms with Crippen LogP contribution in [0.1, 0.15) is 5.69 Å². The number of rotatable bonds is 2. The third-order valence-electron chi connectivity index (χ3n) is 2.20. The van der Waals surface area contributed by atoms with Crippen LogP contribution in [0.15, 0.2) is 36.5 Å². The molecule has 0 saturated heterocycles. The normalized spacial score (nSPS) is 11.5. The Morgan fingerprint density at radius 3 is 2.44 bits per heavy atom. The van der Waals surface area contributed by atoms with Gasteiger partial charge < -0.3 is 0 Å². The molecule has 0 fully saturated rings. The van der Waals surface area contributed by atoms with Gasteiger partial charge in [0.15, 0.2) is 5.69 Å². The summed E-state index contributed by atoms with van der Waals surface area (Å²) in [6.45, 7) is 0. The molecule has 0 N–H and O–H groups in total. The van der Waals surface area contributed by atoms with E-state index in [-0.39, 0.29) is 11.4 Å². The third-order valence-corrected chi connectivity index (χ3v) is 2.20. The zero-order valence-electron chi connectivity index (χ0n) is 8.76. The molecule has 0 spiro atoms. The van der Waals surface area contributed by atoms with E-state index in [9.17, 15) is 23.3 Å². The fraction of sp³-hybridized carbons (Fsp3) is 0.100. The predicted octanol–water partition coefficient (Wildman–Crippen LogP) is 2.80. The molecule has 94 valence electrons. The van der Waals surface area contributed by atoms with Crippen molar-refractivity contribution in [1.29, 1.82) is 0 Å². The Kier molecular flexibility index (Phi) is 2.77. The van der Waals surface area contributed by atoms with E-state index in [0.29, 0.717) is 0 Å². The smallest absolute Gasteiger partial charge is 0.258 e. The number of nitro groups is 1. The molecule has 0 unspecified atom stereocenters. The maximum Gasteiger partial charge on any atom is 0.435 e. The minimum Gasteiger partial charge on any atom is -0.258 e. The summed E-state index contributed by atoms with van der Waals surface area (Å²) < 4.78 is 37.9. The van der Waals surface area contributed by atoms with Gasteiger partial charge in [-0.1, -0.05) is 12.1 Å². The van der Waals surface area contributed by atoms with Gasteiger partial charge >= 0.3 is 6.18 Å². The van der Waals surface area contributed by atoms with Gasteiger partial charge in [-0.3, -0.25) is 10.1 Å². The Labute approximate surface area is 98.6 Å². The Balaban J connectivity index is 2.50. The summed E-state index contributed by atoms with van der Waals surface area (Å²) in [6, 6.07) is 6.19. The van der Waals surface area contributed by atoms with Gasteiger partial charge in [0, 0.05) is 12.3 Å². The molecule has 2 rings (SSSR count). The standard InChI is InChI=1S/C10H6F3N3O2/c11-10(12,13)9-5-6-15(14-9)7-3-1-2-4-8(7)16(17)18/h1-6H. The van der Waals surface area contributed by atoms with Crippen molar-refractivity contribution in [3.63, 3.8) is 0 Å². The molecule has 1 aromatic heterocycles. The number of nitro benzene ring substituents is 1. The number of hydrogen-bond acceptors (Lipinski definition) is 3. The average Bonchev–Trinajstić information content (AvgIpc) is 2.77. The molecule has 1 aromatic carbocycles. The van der Waals surface area contributed by atoms with Crippen molar-refractivity contribution in [1.82, 2.24) is 9.78 Å². The number of halogens is 3. The highest BCUT2D eigenvalue weighted by molar-refractivity contribution is 5.51. The molecule has 8 heteroatoms. The topological polar surface area (TPSA) is 61.0 Å². The van der Waals surface area contributed by atoms with Gasteiger partial charge in [0.25, 0.3) is 5.69 Å². The third kappa shape index (κ3) is 2.17. The average molecular weight is 257 g/mol. The van der Waals surface area contributed by atoms with Crippen LogP contribution in [0.5, 0.6) is 0 Å². The van der Waals surface area contributed by atoms with E-state index in [0.717, 1.165) is 16.9 Å². The molecule has 0 atom stereocenters. The van der Waals surface area contributed by atoms with Gasteiger partial charge in [0.05, 0.1) is 4.92 Å². The van der Waals surface area contributed by atoms with E-state index in [2.05, 4.69) is 5.10 Å². The number of benzene rings is 1. The van der Waals surface area contributed by atoms with Gasteiger partial charge in [-0.2, -0.15) is 18.3 Å². The Morgan fingerprint density at radius 1 is 1.22 bits per heavy atom. The van der Waals surface area contributed by atoms with E-state index in [4.69, 9.17) is 0 Å². The number of hydrogen-bond donors (Lipinski definition) is 0. The molecule has 0 bridgehead atoms. The molecule has 0 amide bonds. The van der Waals surface area contributed by atoms with Gasteiger partial charge in [0.1, 0.15) is 5.69 Å². The SMILES string of the molecule is O=[N+]([O-])c1ccccc1-n1ccc(C(F)(F)F)n1. The Morgan fingerprint density at radius 2 is 1.89 bits per heavy atom. The summed E-state index contributed by atoms with van der Waals surface area (Å²) in [7, 11) is 0. The summed E-state index contributed by atoms with van der Waals surface area (Å²) in [6.07, 6.45) is -3.54. The van der Waals surface area contributed by atoms with Crippen molar-refractivity contribution in [3.8, 4) is 5.69 Å². The lowest BCUT2D eigenvalue weighted by Crippen LogP contribution is -2.08. The minimum atomic E-state index is -4.57. The summed E-state index contributed by atoms with van der Waals surface area (Å²) in [5.74, 6) is 0. The van der Waals surface area contributed by atoms with E-state index in [1.54, 1.807) is 0 Å². The molecule has 18 heavy (non-hydrogen) atoms. The maximum absolute atomic E-state index is 12.4. The van der Waals surface area contributed by atoms with Crippen molar-refractivity contribution in [2.45, 2.75) is 6.18 Å². The number of para-hydroxylation sites is 2. The summed E-state index contributed by atoms with van der Waals surface area (Å²) in [5, 5.41) is 14.0. The lowest BCUT2D eigenvalue weighted by atomic mass is 10.3. The maximum atomic E-state index is 12.4. The van der Waals surface area contributed by atoms with Gasteiger partial charge in [0.2, 0.25) is 0 Å². The largest absolute Gasteiger partial charge is 0.435 e.